The van der Waals surface area contributed by atoms with E-state index >= 15 is 0 Å². The first-order valence-corrected chi connectivity index (χ1v) is 17.7. The number of nitrogens with one attached hydrogen (secondary N) is 1. The highest BCUT2D eigenvalue weighted by atomic mass is 79.9. The van der Waals surface area contributed by atoms with Crippen molar-refractivity contribution in [2.75, 3.05) is 25.1 Å². The van der Waals surface area contributed by atoms with Crippen molar-refractivity contribution in [1.82, 2.24) is 10.2 Å². The predicted octanol–water partition coefficient (Wildman–Crippen LogP) is 6.52. The van der Waals surface area contributed by atoms with E-state index in [1.807, 2.05) is 82.3 Å². The Morgan fingerprint density at radius 2 is 1.52 bits per heavy atom. The van der Waals surface area contributed by atoms with Gasteiger partial charge in [-0.05, 0) is 75.2 Å². The third-order valence-corrected chi connectivity index (χ3v) is 9.82. The molecule has 0 bridgehead atoms. The maximum atomic E-state index is 14.8. The van der Waals surface area contributed by atoms with Crippen molar-refractivity contribution in [3.8, 4) is 11.5 Å². The average Bonchev–Trinajstić information content (AvgIpc) is 3.04. The summed E-state index contributed by atoms with van der Waals surface area (Å²) in [6.07, 6.45) is 0.204. The molecule has 0 spiro atoms. The van der Waals surface area contributed by atoms with Crippen molar-refractivity contribution in [1.29, 1.82) is 0 Å². The lowest BCUT2D eigenvalue weighted by Crippen LogP contribution is -2.56. The molecular formula is C37H42BrN3O6S. The molecule has 0 saturated heterocycles. The number of halogens is 1. The van der Waals surface area contributed by atoms with E-state index in [0.29, 0.717) is 5.75 Å². The summed E-state index contributed by atoms with van der Waals surface area (Å²) in [5.74, 6) is -0.342. The fraction of sp³-hybridized carbons (Fsp3) is 0.297. The van der Waals surface area contributed by atoms with E-state index in [9.17, 15) is 18.0 Å². The molecule has 0 aromatic heterocycles. The van der Waals surface area contributed by atoms with Gasteiger partial charge in [0.2, 0.25) is 11.8 Å². The van der Waals surface area contributed by atoms with Gasteiger partial charge >= 0.3 is 0 Å². The maximum absolute atomic E-state index is 14.8. The minimum atomic E-state index is -4.33. The van der Waals surface area contributed by atoms with Gasteiger partial charge in [0.05, 0.1) is 24.8 Å². The topological polar surface area (TPSA) is 105 Å². The first-order valence-electron chi connectivity index (χ1n) is 15.4. The highest BCUT2D eigenvalue weighted by molar-refractivity contribution is 9.10. The molecule has 0 aliphatic heterocycles. The molecule has 9 nitrogen and oxygen atoms in total. The highest BCUT2D eigenvalue weighted by Gasteiger charge is 2.36. The third-order valence-electron chi connectivity index (χ3n) is 7.55. The van der Waals surface area contributed by atoms with E-state index in [1.54, 1.807) is 24.3 Å². The summed E-state index contributed by atoms with van der Waals surface area (Å²) >= 11 is 3.51. The lowest BCUT2D eigenvalue weighted by Gasteiger charge is -2.35. The van der Waals surface area contributed by atoms with Crippen LogP contribution in [0.15, 0.2) is 106 Å². The number of anilines is 1. The molecule has 4 aromatic carbocycles. The molecule has 0 heterocycles. The van der Waals surface area contributed by atoms with Crippen molar-refractivity contribution in [3.63, 3.8) is 0 Å². The number of benzene rings is 4. The van der Waals surface area contributed by atoms with Crippen molar-refractivity contribution in [3.05, 3.63) is 118 Å². The van der Waals surface area contributed by atoms with E-state index in [1.165, 1.54) is 37.3 Å². The minimum absolute atomic E-state index is 0.00405. The largest absolute Gasteiger partial charge is 0.497 e. The number of hydrogen-bond donors (Lipinski definition) is 1. The molecule has 0 aliphatic carbocycles. The zero-order valence-electron chi connectivity index (χ0n) is 28.1. The second-order valence-corrected chi connectivity index (χ2v) is 15.2. The van der Waals surface area contributed by atoms with Gasteiger partial charge in [-0.3, -0.25) is 13.9 Å². The van der Waals surface area contributed by atoms with Crippen LogP contribution in [0, 0.1) is 6.92 Å². The summed E-state index contributed by atoms with van der Waals surface area (Å²) in [6.45, 7) is 6.89. The minimum Gasteiger partial charge on any atom is -0.497 e. The maximum Gasteiger partial charge on any atom is 0.264 e. The number of amides is 2. The summed E-state index contributed by atoms with van der Waals surface area (Å²) in [5, 5.41) is 3.04. The fourth-order valence-electron chi connectivity index (χ4n) is 5.18. The third kappa shape index (κ3) is 9.38. The number of carbonyl (C=O) groups is 2. The van der Waals surface area contributed by atoms with Crippen LogP contribution in [0.1, 0.15) is 37.5 Å². The van der Waals surface area contributed by atoms with Gasteiger partial charge in [0, 0.05) is 29.0 Å². The molecule has 48 heavy (non-hydrogen) atoms. The number of rotatable bonds is 13. The number of aryl methyl sites for hydroxylation is 1. The standard InChI is InChI=1S/C37H42BrN3O6S/c1-26-15-18-31(19-16-26)48(44,45)41(32-23-30(46-5)17-20-34(32)47-6)25-35(42)40(24-28-13-10-14-29(38)21-28)33(36(43)39-37(2,3)4)22-27-11-8-7-9-12-27/h7-21,23,33H,22,24-25H2,1-6H3,(H,39,43)/t33-/m1/s1. The molecule has 0 fully saturated rings. The second-order valence-electron chi connectivity index (χ2n) is 12.5. The van der Waals surface area contributed by atoms with Crippen LogP contribution in [-0.4, -0.2) is 57.5 Å². The average molecular weight is 737 g/mol. The Bertz CT molecular complexity index is 1830. The Morgan fingerprint density at radius 3 is 2.12 bits per heavy atom. The van der Waals surface area contributed by atoms with Gasteiger partial charge in [-0.15, -0.1) is 0 Å². The van der Waals surface area contributed by atoms with Crippen molar-refractivity contribution >= 4 is 43.5 Å². The van der Waals surface area contributed by atoms with E-state index in [2.05, 4.69) is 21.2 Å². The monoisotopic (exact) mass is 735 g/mol. The molecule has 4 rings (SSSR count). The zero-order valence-corrected chi connectivity index (χ0v) is 30.5. The lowest BCUT2D eigenvalue weighted by atomic mass is 10.0. The number of hydrogen-bond acceptors (Lipinski definition) is 6. The highest BCUT2D eigenvalue weighted by Crippen LogP contribution is 2.36. The van der Waals surface area contributed by atoms with Gasteiger partial charge in [0.15, 0.2) is 0 Å². The Balaban J connectivity index is 1.88. The van der Waals surface area contributed by atoms with Crippen LogP contribution in [0.2, 0.25) is 0 Å². The molecular weight excluding hydrogens is 694 g/mol. The first-order chi connectivity index (χ1) is 22.7. The van der Waals surface area contributed by atoms with E-state index in [0.717, 1.165) is 25.5 Å². The van der Waals surface area contributed by atoms with Crippen LogP contribution < -0.4 is 19.1 Å². The molecule has 11 heteroatoms. The van der Waals surface area contributed by atoms with Crippen LogP contribution in [0.25, 0.3) is 0 Å². The second kappa shape index (κ2) is 15.7. The summed E-state index contributed by atoms with van der Waals surface area (Å²) < 4.78 is 41.7. The van der Waals surface area contributed by atoms with Gasteiger partial charge in [0.1, 0.15) is 24.1 Å². The number of carbonyl (C=O) groups excluding carboxylic acids is 2. The number of nitrogens with zero attached hydrogens (tertiary/aromatic N) is 2. The predicted molar refractivity (Wildman–Crippen MR) is 192 cm³/mol. The van der Waals surface area contributed by atoms with Crippen LogP contribution in [0.3, 0.4) is 0 Å². The molecule has 2 amide bonds. The van der Waals surface area contributed by atoms with Crippen LogP contribution in [0.4, 0.5) is 5.69 Å². The van der Waals surface area contributed by atoms with Crippen molar-refractivity contribution < 1.29 is 27.5 Å². The van der Waals surface area contributed by atoms with E-state index < -0.39 is 34.1 Å². The molecule has 1 atom stereocenters. The SMILES string of the molecule is COc1ccc(OC)c(N(CC(=O)N(Cc2cccc(Br)c2)[C@H](Cc2ccccc2)C(=O)NC(C)(C)C)S(=O)(=O)c2ccc(C)cc2)c1. The Kier molecular flexibility index (Phi) is 11.9. The smallest absolute Gasteiger partial charge is 0.264 e. The molecule has 1 N–H and O–H groups in total. The van der Waals surface area contributed by atoms with Gasteiger partial charge in [-0.1, -0.05) is 76.1 Å². The van der Waals surface area contributed by atoms with E-state index in [4.69, 9.17) is 9.47 Å². The number of ether oxygens (including phenoxy) is 2. The normalized spacial score (nSPS) is 12.1. The van der Waals surface area contributed by atoms with Gasteiger partial charge in [-0.2, -0.15) is 0 Å². The van der Waals surface area contributed by atoms with E-state index in [-0.39, 0.29) is 35.2 Å². The zero-order chi connectivity index (χ0) is 35.1. The summed E-state index contributed by atoms with van der Waals surface area (Å²) in [7, 11) is -1.43. The van der Waals surface area contributed by atoms with Gasteiger partial charge in [0.25, 0.3) is 10.0 Å². The molecule has 254 valence electrons. The quantitative estimate of drug-likeness (QED) is 0.168. The lowest BCUT2D eigenvalue weighted by molar-refractivity contribution is -0.140. The number of methoxy groups -OCH3 is 2. The molecule has 0 radical (unpaired) electrons. The molecule has 0 aliphatic rings. The van der Waals surface area contributed by atoms with Crippen molar-refractivity contribution in [2.24, 2.45) is 0 Å². The van der Waals surface area contributed by atoms with Gasteiger partial charge < -0.3 is 19.7 Å². The molecule has 4 aromatic rings. The van der Waals surface area contributed by atoms with Crippen molar-refractivity contribution in [2.45, 2.75) is 57.1 Å². The van der Waals surface area contributed by atoms with Crippen LogP contribution >= 0.6 is 15.9 Å². The molecule has 0 saturated carbocycles. The Hall–Kier alpha value is -4.35. The van der Waals surface area contributed by atoms with Crippen LogP contribution in [0.5, 0.6) is 11.5 Å². The summed E-state index contributed by atoms with van der Waals surface area (Å²) in [4.78, 5) is 30.3. The first kappa shape index (κ1) is 36.5. The van der Waals surface area contributed by atoms with Crippen LogP contribution in [-0.2, 0) is 32.6 Å². The number of sulfonamides is 1. The fourth-order valence-corrected chi connectivity index (χ4v) is 7.04. The Labute approximate surface area is 292 Å². The van der Waals surface area contributed by atoms with Gasteiger partial charge in [-0.25, -0.2) is 8.42 Å². The summed E-state index contributed by atoms with van der Waals surface area (Å²) in [6, 6.07) is 27.0. The summed E-state index contributed by atoms with van der Waals surface area (Å²) in [5.41, 5.74) is 2.00. The Morgan fingerprint density at radius 1 is 0.854 bits per heavy atom. The molecule has 0 unspecified atom stereocenters.